The van der Waals surface area contributed by atoms with E-state index in [1.807, 2.05) is 0 Å². The van der Waals surface area contributed by atoms with Crippen molar-refractivity contribution in [3.63, 3.8) is 0 Å². The molecular formula is C7H14O5. The summed E-state index contributed by atoms with van der Waals surface area (Å²) in [4.78, 5) is 0. The quantitative estimate of drug-likeness (QED) is 0.338. The predicted octanol–water partition coefficient (Wildman–Crippen LogP) is -1.48. The Morgan fingerprint density at radius 3 is 2.17 bits per heavy atom. The van der Waals surface area contributed by atoms with E-state index in [0.29, 0.717) is 0 Å². The second-order valence-corrected chi connectivity index (χ2v) is 2.40. The Labute approximate surface area is 70.2 Å². The Morgan fingerprint density at radius 2 is 1.83 bits per heavy atom. The van der Waals surface area contributed by atoms with Gasteiger partial charge in [0.2, 0.25) is 0 Å². The van der Waals surface area contributed by atoms with E-state index in [-0.39, 0.29) is 0 Å². The van der Waals surface area contributed by atoms with Crippen LogP contribution in [0.1, 0.15) is 6.92 Å². The van der Waals surface area contributed by atoms with Gasteiger partial charge in [-0.3, -0.25) is 0 Å². The molecule has 5 N–H and O–H groups in total. The minimum atomic E-state index is -1.58. The molecule has 0 saturated heterocycles. The molecule has 0 aromatic heterocycles. The molecule has 0 amide bonds. The van der Waals surface area contributed by atoms with Crippen molar-refractivity contribution in [2.24, 2.45) is 0 Å². The van der Waals surface area contributed by atoms with Gasteiger partial charge in [0.05, 0.1) is 6.61 Å². The Balaban J connectivity index is 4.18. The smallest absolute Gasteiger partial charge is 0.139 e. The summed E-state index contributed by atoms with van der Waals surface area (Å²) in [6.07, 6.45) is -3.40. The molecule has 0 spiro atoms. The first kappa shape index (κ1) is 11.4. The van der Waals surface area contributed by atoms with Gasteiger partial charge in [-0.2, -0.15) is 0 Å². The lowest BCUT2D eigenvalue weighted by Crippen LogP contribution is -2.40. The molecule has 0 aliphatic carbocycles. The van der Waals surface area contributed by atoms with Crippen LogP contribution in [0.5, 0.6) is 0 Å². The SMILES string of the molecule is C/C=C(\O)[C@@H](O)C(O)C(O)CO. The molecule has 72 valence electrons. The van der Waals surface area contributed by atoms with Gasteiger partial charge >= 0.3 is 0 Å². The molecule has 0 aromatic carbocycles. The number of allylic oxidation sites excluding steroid dienone is 1. The van der Waals surface area contributed by atoms with Crippen LogP contribution < -0.4 is 0 Å². The Hall–Kier alpha value is -0.620. The highest BCUT2D eigenvalue weighted by Gasteiger charge is 2.26. The fourth-order valence-corrected chi connectivity index (χ4v) is 0.664. The molecule has 5 nitrogen and oxygen atoms in total. The Morgan fingerprint density at radius 1 is 1.33 bits per heavy atom. The van der Waals surface area contributed by atoms with Crippen molar-refractivity contribution in [3.05, 3.63) is 11.8 Å². The van der Waals surface area contributed by atoms with Crippen LogP contribution in [0.4, 0.5) is 0 Å². The maximum Gasteiger partial charge on any atom is 0.139 e. The Bertz CT molecular complexity index is 156. The molecule has 0 fully saturated rings. The molecule has 12 heavy (non-hydrogen) atoms. The van der Waals surface area contributed by atoms with Crippen LogP contribution in [0.15, 0.2) is 11.8 Å². The van der Waals surface area contributed by atoms with Gasteiger partial charge in [-0.15, -0.1) is 0 Å². The molecule has 0 rings (SSSR count). The van der Waals surface area contributed by atoms with E-state index >= 15 is 0 Å². The third kappa shape index (κ3) is 2.78. The summed E-state index contributed by atoms with van der Waals surface area (Å²) in [5.74, 6) is -0.435. The van der Waals surface area contributed by atoms with Gasteiger partial charge in [0, 0.05) is 0 Å². The van der Waals surface area contributed by atoms with Crippen LogP contribution in [-0.4, -0.2) is 50.5 Å². The van der Waals surface area contributed by atoms with Crippen LogP contribution in [0.3, 0.4) is 0 Å². The maximum absolute atomic E-state index is 9.05. The summed E-state index contributed by atoms with van der Waals surface area (Å²) < 4.78 is 0. The number of aliphatic hydroxyl groups excluding tert-OH is 5. The number of hydrogen-bond acceptors (Lipinski definition) is 5. The van der Waals surface area contributed by atoms with E-state index < -0.39 is 30.7 Å². The molecule has 5 heteroatoms. The van der Waals surface area contributed by atoms with E-state index in [0.717, 1.165) is 0 Å². The maximum atomic E-state index is 9.05. The molecule has 0 aromatic rings. The van der Waals surface area contributed by atoms with Crippen LogP contribution in [0.2, 0.25) is 0 Å². The second-order valence-electron chi connectivity index (χ2n) is 2.40. The molecular weight excluding hydrogens is 164 g/mol. The van der Waals surface area contributed by atoms with Gasteiger partial charge in [0.1, 0.15) is 24.1 Å². The highest BCUT2D eigenvalue weighted by molar-refractivity contribution is 5.00. The second kappa shape index (κ2) is 5.10. The van der Waals surface area contributed by atoms with Gasteiger partial charge in [-0.05, 0) is 13.0 Å². The zero-order valence-corrected chi connectivity index (χ0v) is 6.75. The normalized spacial score (nSPS) is 20.2. The lowest BCUT2D eigenvalue weighted by Gasteiger charge is -2.20. The summed E-state index contributed by atoms with van der Waals surface area (Å²) in [6, 6.07) is 0. The molecule has 0 radical (unpaired) electrons. The van der Waals surface area contributed by atoms with Crippen molar-refractivity contribution >= 4 is 0 Å². The topological polar surface area (TPSA) is 101 Å². The van der Waals surface area contributed by atoms with Gasteiger partial charge in [0.25, 0.3) is 0 Å². The highest BCUT2D eigenvalue weighted by Crippen LogP contribution is 2.06. The standard InChI is InChI=1S/C7H14O5/c1-2-4(9)6(11)7(12)5(10)3-8/h2,5-12H,3H2,1H3/b4-2-/t5?,6-,7?/m1/s1. The van der Waals surface area contributed by atoms with Crippen molar-refractivity contribution < 1.29 is 25.5 Å². The van der Waals surface area contributed by atoms with Crippen LogP contribution in [0.25, 0.3) is 0 Å². The minimum absolute atomic E-state index is 0.435. The molecule has 0 aliphatic rings. The van der Waals surface area contributed by atoms with E-state index in [1.165, 1.54) is 13.0 Å². The first-order chi connectivity index (χ1) is 5.54. The summed E-state index contributed by atoms with van der Waals surface area (Å²) in [5, 5.41) is 44.2. The van der Waals surface area contributed by atoms with E-state index in [1.54, 1.807) is 0 Å². The first-order valence-electron chi connectivity index (χ1n) is 3.54. The average Bonchev–Trinajstić information content (AvgIpc) is 2.12. The number of rotatable bonds is 4. The Kier molecular flexibility index (Phi) is 4.84. The van der Waals surface area contributed by atoms with Gasteiger partial charge < -0.3 is 25.5 Å². The van der Waals surface area contributed by atoms with Crippen molar-refractivity contribution in [1.82, 2.24) is 0 Å². The minimum Gasteiger partial charge on any atom is -0.510 e. The van der Waals surface area contributed by atoms with Crippen LogP contribution in [0, 0.1) is 0 Å². The van der Waals surface area contributed by atoms with Crippen LogP contribution in [-0.2, 0) is 0 Å². The zero-order valence-electron chi connectivity index (χ0n) is 6.75. The van der Waals surface area contributed by atoms with Crippen molar-refractivity contribution in [2.45, 2.75) is 25.2 Å². The molecule has 3 atom stereocenters. The monoisotopic (exact) mass is 178 g/mol. The fraction of sp³-hybridized carbons (Fsp3) is 0.714. The van der Waals surface area contributed by atoms with Gasteiger partial charge in [0.15, 0.2) is 0 Å². The average molecular weight is 178 g/mol. The third-order valence-corrected chi connectivity index (χ3v) is 1.50. The lowest BCUT2D eigenvalue weighted by atomic mass is 10.1. The summed E-state index contributed by atoms with van der Waals surface area (Å²) >= 11 is 0. The molecule has 0 saturated carbocycles. The highest BCUT2D eigenvalue weighted by atomic mass is 16.4. The lowest BCUT2D eigenvalue weighted by molar-refractivity contribution is -0.0741. The van der Waals surface area contributed by atoms with Crippen molar-refractivity contribution in [1.29, 1.82) is 0 Å². The summed E-state index contributed by atoms with van der Waals surface area (Å²) in [6.45, 7) is 0.797. The van der Waals surface area contributed by atoms with Crippen molar-refractivity contribution in [3.8, 4) is 0 Å². The summed E-state index contributed by atoms with van der Waals surface area (Å²) in [7, 11) is 0. The third-order valence-electron chi connectivity index (χ3n) is 1.50. The molecule has 0 bridgehead atoms. The molecule has 2 unspecified atom stereocenters. The summed E-state index contributed by atoms with van der Waals surface area (Å²) in [5.41, 5.74) is 0. The van der Waals surface area contributed by atoms with Crippen molar-refractivity contribution in [2.75, 3.05) is 6.61 Å². The molecule has 0 heterocycles. The first-order valence-corrected chi connectivity index (χ1v) is 3.54. The van der Waals surface area contributed by atoms with E-state index in [2.05, 4.69) is 0 Å². The number of aliphatic hydroxyl groups is 5. The molecule has 0 aliphatic heterocycles. The fourth-order valence-electron chi connectivity index (χ4n) is 0.664. The zero-order chi connectivity index (χ0) is 9.72. The van der Waals surface area contributed by atoms with Gasteiger partial charge in [-0.25, -0.2) is 0 Å². The van der Waals surface area contributed by atoms with Gasteiger partial charge in [-0.1, -0.05) is 0 Å². The number of hydrogen-bond donors (Lipinski definition) is 5. The van der Waals surface area contributed by atoms with E-state index in [4.69, 9.17) is 25.5 Å². The van der Waals surface area contributed by atoms with Crippen LogP contribution >= 0.6 is 0 Å². The largest absolute Gasteiger partial charge is 0.510 e. The van der Waals surface area contributed by atoms with E-state index in [9.17, 15) is 0 Å². The predicted molar refractivity (Wildman–Crippen MR) is 41.5 cm³/mol.